The van der Waals surface area contributed by atoms with Crippen molar-refractivity contribution in [3.8, 4) is 0 Å². The molecule has 5 rings (SSSR count). The fourth-order valence-electron chi connectivity index (χ4n) is 3.23. The second kappa shape index (κ2) is 8.61. The van der Waals surface area contributed by atoms with Crippen LogP contribution in [0.25, 0.3) is 12.2 Å². The normalized spacial score (nSPS) is 14.5. The number of benzene rings is 1. The van der Waals surface area contributed by atoms with Crippen LogP contribution in [0.4, 0.5) is 11.6 Å². The molecule has 2 aliphatic rings. The first kappa shape index (κ1) is 20.6. The fraction of sp³-hybridized carbons (Fsp3) is 0.182. The quantitative estimate of drug-likeness (QED) is 0.576. The molecule has 0 aliphatic carbocycles. The summed E-state index contributed by atoms with van der Waals surface area (Å²) in [6.45, 7) is 0. The van der Waals surface area contributed by atoms with Crippen molar-refractivity contribution in [1.82, 2.24) is 19.9 Å². The van der Waals surface area contributed by atoms with Gasteiger partial charge in [0.05, 0.1) is 12.8 Å². The van der Waals surface area contributed by atoms with E-state index in [0.29, 0.717) is 30.3 Å². The predicted octanol–water partition coefficient (Wildman–Crippen LogP) is 2.81. The number of hydrogen-bond acceptors (Lipinski definition) is 6. The van der Waals surface area contributed by atoms with E-state index in [9.17, 15) is 9.59 Å². The summed E-state index contributed by atoms with van der Waals surface area (Å²) in [6, 6.07) is 9.97. The Kier molecular flexibility index (Phi) is 5.73. The van der Waals surface area contributed by atoms with Crippen molar-refractivity contribution >= 4 is 47.2 Å². The summed E-state index contributed by atoms with van der Waals surface area (Å²) in [4.78, 5) is 42.2. The summed E-state index contributed by atoms with van der Waals surface area (Å²) in [5, 5.41) is 0.176. The number of nitrogens with zero attached hydrogens (tertiary/aromatic N) is 6. The molecule has 0 N–H and O–H groups in total. The molecule has 1 aromatic carbocycles. The fourth-order valence-corrected chi connectivity index (χ4v) is 3.36. The molecule has 9 heteroatoms. The van der Waals surface area contributed by atoms with Crippen LogP contribution < -0.4 is 9.80 Å². The van der Waals surface area contributed by atoms with Gasteiger partial charge in [0.2, 0.25) is 17.1 Å². The van der Waals surface area contributed by atoms with Crippen molar-refractivity contribution in [2.75, 3.05) is 23.9 Å². The first-order valence-electron chi connectivity index (χ1n) is 9.56. The molecular weight excluding hydrogens is 416 g/mol. The van der Waals surface area contributed by atoms with Gasteiger partial charge >= 0.3 is 0 Å². The lowest BCUT2D eigenvalue weighted by atomic mass is 10.2. The number of amides is 2. The van der Waals surface area contributed by atoms with Crippen LogP contribution in [0.5, 0.6) is 0 Å². The van der Waals surface area contributed by atoms with Gasteiger partial charge in [0.15, 0.2) is 5.82 Å². The lowest BCUT2D eigenvalue weighted by Crippen LogP contribution is -2.21. The Morgan fingerprint density at radius 2 is 1.42 bits per heavy atom. The third-order valence-corrected chi connectivity index (χ3v) is 5.15. The highest BCUT2D eigenvalue weighted by Gasteiger charge is 2.26. The highest BCUT2D eigenvalue weighted by Crippen LogP contribution is 2.25. The first-order valence-corrected chi connectivity index (χ1v) is 9.94. The van der Waals surface area contributed by atoms with E-state index in [1.165, 1.54) is 4.90 Å². The molecule has 31 heavy (non-hydrogen) atoms. The Bertz CT molecular complexity index is 1180. The molecule has 0 saturated heterocycles. The van der Waals surface area contributed by atoms with Crippen LogP contribution in [-0.2, 0) is 22.4 Å². The van der Waals surface area contributed by atoms with E-state index in [1.54, 1.807) is 31.4 Å². The van der Waals surface area contributed by atoms with Crippen molar-refractivity contribution < 1.29 is 9.59 Å². The molecule has 156 valence electrons. The lowest BCUT2D eigenvalue weighted by Gasteiger charge is -2.08. The highest BCUT2D eigenvalue weighted by atomic mass is 35.5. The van der Waals surface area contributed by atoms with E-state index < -0.39 is 0 Å². The zero-order valence-electron chi connectivity index (χ0n) is 17.0. The molecule has 0 unspecified atom stereocenters. The Balaban J connectivity index is 0.000000166. The molecule has 0 fully saturated rings. The molecular formula is C22H19ClN6O2. The van der Waals surface area contributed by atoms with Crippen LogP contribution in [-0.4, -0.2) is 45.8 Å². The highest BCUT2D eigenvalue weighted by molar-refractivity contribution is 6.28. The summed E-state index contributed by atoms with van der Waals surface area (Å²) < 4.78 is 0. The van der Waals surface area contributed by atoms with Crippen LogP contribution >= 0.6 is 11.6 Å². The molecule has 0 bridgehead atoms. The topological polar surface area (TPSA) is 92.2 Å². The number of hydrogen-bond donors (Lipinski definition) is 0. The average Bonchev–Trinajstić information content (AvgIpc) is 3.22. The number of anilines is 2. The van der Waals surface area contributed by atoms with Crippen LogP contribution in [0.15, 0.2) is 42.7 Å². The summed E-state index contributed by atoms with van der Waals surface area (Å²) >= 11 is 5.58. The average molecular weight is 435 g/mol. The standard InChI is InChI=1S/C15H13N3O.C7H6ClN3O/c1-18-14(19)9-12-10-16-13(17-15(12)18)8-7-11-5-3-2-4-6-11;1-11-5(12)2-4-3-9-7(8)10-6(4)11/h2-8,10H,9H2,1H3;3H,2H2,1H3/b8-7+;. The lowest BCUT2D eigenvalue weighted by molar-refractivity contribution is -0.117. The Morgan fingerprint density at radius 1 is 0.839 bits per heavy atom. The van der Waals surface area contributed by atoms with Gasteiger partial charge in [-0.1, -0.05) is 36.4 Å². The van der Waals surface area contributed by atoms with Gasteiger partial charge in [-0.25, -0.2) is 15.0 Å². The van der Waals surface area contributed by atoms with Crippen LogP contribution in [0, 0.1) is 0 Å². The van der Waals surface area contributed by atoms with E-state index >= 15 is 0 Å². The Labute approximate surface area is 184 Å². The van der Waals surface area contributed by atoms with Crippen LogP contribution in [0.1, 0.15) is 22.5 Å². The minimum atomic E-state index is 0.0292. The Morgan fingerprint density at radius 3 is 2.06 bits per heavy atom. The number of aromatic nitrogens is 4. The minimum Gasteiger partial charge on any atom is -0.299 e. The summed E-state index contributed by atoms with van der Waals surface area (Å²) in [7, 11) is 3.42. The molecule has 0 radical (unpaired) electrons. The molecule has 0 atom stereocenters. The number of carbonyl (C=O) groups excluding carboxylic acids is 2. The summed E-state index contributed by atoms with van der Waals surface area (Å²) in [5.74, 6) is 2.05. The second-order valence-corrected chi connectivity index (χ2v) is 7.41. The number of likely N-dealkylation sites (N-methyl/N-ethyl adjacent to an activating group) is 2. The van der Waals surface area contributed by atoms with Crippen LogP contribution in [0.3, 0.4) is 0 Å². The predicted molar refractivity (Wildman–Crippen MR) is 119 cm³/mol. The van der Waals surface area contributed by atoms with Crippen molar-refractivity contribution in [2.24, 2.45) is 0 Å². The molecule has 2 amide bonds. The number of rotatable bonds is 2. The maximum Gasteiger partial charge on any atom is 0.232 e. The third-order valence-electron chi connectivity index (χ3n) is 4.96. The van der Waals surface area contributed by atoms with Crippen molar-refractivity contribution in [2.45, 2.75) is 12.8 Å². The molecule has 3 aromatic rings. The van der Waals surface area contributed by atoms with E-state index in [4.69, 9.17) is 11.6 Å². The van der Waals surface area contributed by atoms with E-state index in [0.717, 1.165) is 16.7 Å². The van der Waals surface area contributed by atoms with Gasteiger partial charge in [0.25, 0.3) is 0 Å². The van der Waals surface area contributed by atoms with Gasteiger partial charge in [-0.15, -0.1) is 0 Å². The van der Waals surface area contributed by atoms with E-state index in [-0.39, 0.29) is 17.1 Å². The molecule has 0 spiro atoms. The largest absolute Gasteiger partial charge is 0.299 e. The molecule has 2 aliphatic heterocycles. The maximum absolute atomic E-state index is 11.6. The van der Waals surface area contributed by atoms with Crippen LogP contribution in [0.2, 0.25) is 5.28 Å². The van der Waals surface area contributed by atoms with Gasteiger partial charge in [-0.3, -0.25) is 19.4 Å². The number of halogens is 1. The van der Waals surface area contributed by atoms with Gasteiger partial charge < -0.3 is 0 Å². The van der Waals surface area contributed by atoms with E-state index in [2.05, 4.69) is 19.9 Å². The summed E-state index contributed by atoms with van der Waals surface area (Å²) in [6.07, 6.45) is 7.91. The number of carbonyl (C=O) groups is 2. The van der Waals surface area contributed by atoms with Crippen molar-refractivity contribution in [3.05, 3.63) is 70.5 Å². The molecule has 8 nitrogen and oxygen atoms in total. The third kappa shape index (κ3) is 4.44. The molecule has 2 aromatic heterocycles. The second-order valence-electron chi connectivity index (χ2n) is 7.07. The van der Waals surface area contributed by atoms with Crippen molar-refractivity contribution in [3.63, 3.8) is 0 Å². The minimum absolute atomic E-state index is 0.0292. The molecule has 0 saturated carbocycles. The maximum atomic E-state index is 11.6. The van der Waals surface area contributed by atoms with Crippen molar-refractivity contribution in [1.29, 1.82) is 0 Å². The van der Waals surface area contributed by atoms with E-state index in [1.807, 2.05) is 42.5 Å². The Hall–Kier alpha value is -3.65. The molecule has 4 heterocycles. The zero-order chi connectivity index (χ0) is 22.0. The first-order chi connectivity index (χ1) is 14.9. The smallest absolute Gasteiger partial charge is 0.232 e. The number of fused-ring (bicyclic) bond motifs is 2. The van der Waals surface area contributed by atoms with Gasteiger partial charge in [-0.05, 0) is 23.2 Å². The van der Waals surface area contributed by atoms with Gasteiger partial charge in [-0.2, -0.15) is 4.98 Å². The zero-order valence-corrected chi connectivity index (χ0v) is 17.7. The summed E-state index contributed by atoms with van der Waals surface area (Å²) in [5.41, 5.74) is 2.83. The monoisotopic (exact) mass is 434 g/mol. The SMILES string of the molecule is CN1C(=O)Cc2cnc(/C=C/c3ccccc3)nc21.CN1C(=O)Cc2cnc(Cl)nc21. The van der Waals surface area contributed by atoms with Gasteiger partial charge in [0, 0.05) is 37.6 Å². The van der Waals surface area contributed by atoms with Gasteiger partial charge in [0.1, 0.15) is 11.6 Å².